The third-order valence-electron chi connectivity index (χ3n) is 20.6. The first kappa shape index (κ1) is 136. The minimum atomic E-state index is -0.488. The largest absolute Gasteiger partial charge is 0.463 e. The van der Waals surface area contributed by atoms with E-state index in [1.165, 1.54) is 325 Å². The van der Waals surface area contributed by atoms with Gasteiger partial charge < -0.3 is 47.4 Å². The van der Waals surface area contributed by atoms with Crippen molar-refractivity contribution in [1.82, 2.24) is 0 Å². The van der Waals surface area contributed by atoms with Crippen molar-refractivity contribution in [2.75, 3.05) is 52.9 Å². The Balaban J connectivity index is -0.000000271. The third kappa shape index (κ3) is 117. The lowest BCUT2D eigenvalue weighted by Gasteiger charge is -2.22. The van der Waals surface area contributed by atoms with Gasteiger partial charge in [0.05, 0.1) is 52.9 Å². The monoisotopic (exact) mass is 1860 g/mol. The zero-order chi connectivity index (χ0) is 100. The van der Waals surface area contributed by atoms with E-state index in [2.05, 4.69) is 121 Å². The van der Waals surface area contributed by atoms with Gasteiger partial charge in [0.2, 0.25) is 0 Å². The molecule has 0 aliphatic rings. The van der Waals surface area contributed by atoms with E-state index >= 15 is 0 Å². The van der Waals surface area contributed by atoms with E-state index < -0.39 is 29.3 Å². The van der Waals surface area contributed by atoms with Gasteiger partial charge in [-0.3, -0.25) is 0 Å². The molecule has 1 rings (SSSR count). The highest BCUT2D eigenvalue weighted by Gasteiger charge is 2.22. The summed E-state index contributed by atoms with van der Waals surface area (Å²) < 4.78 is 49.3. The molecule has 1 aromatic rings. The fourth-order valence-corrected chi connectivity index (χ4v) is 12.6. The minimum Gasteiger partial charge on any atom is -0.463 e. The van der Waals surface area contributed by atoms with Crippen LogP contribution in [0.4, 0.5) is 0 Å². The Hall–Kier alpha value is -8.68. The summed E-state index contributed by atoms with van der Waals surface area (Å²) in [5.74, 6) is -2.66. The Morgan fingerprint density at radius 3 is 0.667 bits per heavy atom. The molecule has 0 bridgehead atoms. The normalized spacial score (nSPS) is 10.5. The van der Waals surface area contributed by atoms with Gasteiger partial charge in [0.25, 0.3) is 0 Å². The van der Waals surface area contributed by atoms with Crippen molar-refractivity contribution in [1.29, 1.82) is 0 Å². The van der Waals surface area contributed by atoms with E-state index in [-0.39, 0.29) is 62.2 Å². The van der Waals surface area contributed by atoms with Crippen LogP contribution in [-0.2, 0) is 109 Å². The molecule has 0 heterocycles. The number of benzene rings is 1. The van der Waals surface area contributed by atoms with E-state index in [9.17, 15) is 47.9 Å². The Labute approximate surface area is 805 Å². The molecule has 0 aliphatic heterocycles. The molecule has 0 aliphatic carbocycles. The Bertz CT molecular complexity index is 2930. The van der Waals surface area contributed by atoms with Gasteiger partial charge in [0, 0.05) is 66.2 Å². The Morgan fingerprint density at radius 1 is 0.235 bits per heavy atom. The van der Waals surface area contributed by atoms with Gasteiger partial charge in [-0.25, -0.2) is 47.9 Å². The predicted molar refractivity (Wildman–Crippen MR) is 547 cm³/mol. The summed E-state index contributed by atoms with van der Waals surface area (Å²) in [5.41, 5.74) is 1.21. The molecular weight excluding hydrogens is 1670 g/mol. The molecular formula is C112H192O20. The van der Waals surface area contributed by atoms with Crippen LogP contribution >= 0.6 is 0 Å². The smallest absolute Gasteiger partial charge is 0.330 e. The van der Waals surface area contributed by atoms with E-state index in [4.69, 9.17) is 47.4 Å². The van der Waals surface area contributed by atoms with Crippen LogP contribution in [0.1, 0.15) is 421 Å². The SMILES string of the molecule is C=CC(=O)OCC(C)(C)COC(=O)C=C.C=CC(=O)OCC(CCC)CCCCC.C=CC(=O)OCC(CCCC)CCCCCC.C=CC(=O)OCCCCCCCCCC.C=CC(=O)OCCCCCCCCCCC.C=CC(=O)OCCCCCCCCCCCC.C=CC(=O)OCCCCCCCCCCCCCC.C=CC(=O)OCc1cccc(COC(=O)C=C)c1. The van der Waals surface area contributed by atoms with Crippen molar-refractivity contribution in [3.63, 3.8) is 0 Å². The van der Waals surface area contributed by atoms with Crippen LogP contribution in [0.3, 0.4) is 0 Å². The maximum atomic E-state index is 11.0. The highest BCUT2D eigenvalue weighted by molar-refractivity contribution is 5.84. The van der Waals surface area contributed by atoms with Gasteiger partial charge >= 0.3 is 59.7 Å². The van der Waals surface area contributed by atoms with E-state index in [1.54, 1.807) is 12.1 Å². The molecule has 20 nitrogen and oxygen atoms in total. The average molecular weight is 1860 g/mol. The van der Waals surface area contributed by atoms with Crippen LogP contribution in [-0.4, -0.2) is 113 Å². The van der Waals surface area contributed by atoms with Crippen molar-refractivity contribution in [3.8, 4) is 0 Å². The molecule has 760 valence electrons. The molecule has 0 radical (unpaired) electrons. The van der Waals surface area contributed by atoms with Crippen LogP contribution in [0.2, 0.25) is 0 Å². The molecule has 0 N–H and O–H groups in total. The van der Waals surface area contributed by atoms with Crippen LogP contribution in [0.15, 0.2) is 151 Å². The number of hydrogen-bond donors (Lipinski definition) is 0. The summed E-state index contributed by atoms with van der Waals surface area (Å²) in [6, 6.07) is 7.23. The summed E-state index contributed by atoms with van der Waals surface area (Å²) >= 11 is 0. The molecule has 20 heteroatoms. The molecule has 2 atom stereocenters. The average Bonchev–Trinajstić information content (AvgIpc) is 0.899. The summed E-state index contributed by atoms with van der Waals surface area (Å²) in [5, 5.41) is 0. The Morgan fingerprint density at radius 2 is 0.424 bits per heavy atom. The summed E-state index contributed by atoms with van der Waals surface area (Å²) in [7, 11) is 0. The van der Waals surface area contributed by atoms with Gasteiger partial charge in [0.1, 0.15) is 13.2 Å². The number of ether oxygens (including phenoxy) is 10. The zero-order valence-electron chi connectivity index (χ0n) is 85.5. The number of rotatable bonds is 79. The van der Waals surface area contributed by atoms with Crippen LogP contribution in [0.5, 0.6) is 0 Å². The lowest BCUT2D eigenvalue weighted by molar-refractivity contribution is -0.147. The number of unbranched alkanes of at least 4 members (excludes halogenated alkanes) is 41. The van der Waals surface area contributed by atoms with E-state index in [0.29, 0.717) is 51.5 Å². The maximum absolute atomic E-state index is 11.0. The summed E-state index contributed by atoms with van der Waals surface area (Å²) in [4.78, 5) is 108. The highest BCUT2D eigenvalue weighted by atomic mass is 16.6. The number of hydrogen-bond acceptors (Lipinski definition) is 20. The van der Waals surface area contributed by atoms with Crippen molar-refractivity contribution >= 4 is 59.7 Å². The molecule has 2 unspecified atom stereocenters. The molecule has 1 aromatic carbocycles. The van der Waals surface area contributed by atoms with E-state index in [0.717, 1.165) is 86.8 Å². The fourth-order valence-electron chi connectivity index (χ4n) is 12.6. The standard InChI is InChI=1S/C17H32O2.2C15H28O2.C14H14O4.C14H26O2.2C13H24O2.C11H16O4/c1-3-5-6-7-8-9-10-11-12-13-14-15-16-19-17(18)4-2;1-4-7-9-10-12-14(11-8-5-2)13-17-15(16)6-3;1-3-5-6-7-8-9-10-11-12-13-14-17-15(16)4-2;1-3-13(15)17-9-11-6-5-7-12(8-11)10-18-14(16)4-2;1-3-5-6-7-8-9-10-11-12-13-16-14(15)4-2;1-4-7-8-10-12(9-5-2)11-15-13(14)6-3;1-3-5-6-7-8-9-10-11-12-15-13(14)4-2;1-5-9(12)14-7-11(3,4)8-15-10(13)6-2/h4H,2-3,5-16H2,1H3;6,14H,3-5,7-13H2,1-2H3;4H,2-3,5-14H2,1H3;3-8H,1-2,9-10H2;4H,2-3,5-13H2,1H3;6,12H,3-5,7-11H2,1-2H3;4H,2-3,5-12H2,1H3;5-6H,1-2,7-8H2,3-4H3. The van der Waals surface area contributed by atoms with Gasteiger partial charge in [-0.2, -0.15) is 0 Å². The zero-order valence-corrected chi connectivity index (χ0v) is 85.5. The lowest BCUT2D eigenvalue weighted by atomic mass is 9.96. The fraction of sp³-hybridized carbons (Fsp3) is 0.679. The second kappa shape index (κ2) is 113. The first-order valence-corrected chi connectivity index (χ1v) is 50.8. The van der Waals surface area contributed by atoms with Gasteiger partial charge in [-0.1, -0.05) is 442 Å². The second-order valence-electron chi connectivity index (χ2n) is 33.8. The Kier molecular flexibility index (Phi) is 117. The van der Waals surface area contributed by atoms with Crippen molar-refractivity contribution in [2.45, 2.75) is 423 Å². The van der Waals surface area contributed by atoms with Crippen LogP contribution in [0.25, 0.3) is 0 Å². The molecule has 132 heavy (non-hydrogen) atoms. The van der Waals surface area contributed by atoms with Crippen LogP contribution in [0, 0.1) is 17.3 Å². The molecule has 0 amide bonds. The summed E-state index contributed by atoms with van der Waals surface area (Å²) in [6.45, 7) is 58.7. The van der Waals surface area contributed by atoms with Gasteiger partial charge in [0.15, 0.2) is 0 Å². The summed E-state index contributed by atoms with van der Waals surface area (Å²) in [6.07, 6.45) is 79.4. The number of esters is 10. The minimum absolute atomic E-state index is 0.161. The van der Waals surface area contributed by atoms with Gasteiger partial charge in [-0.05, 0) is 80.4 Å². The maximum Gasteiger partial charge on any atom is 0.330 e. The number of carbonyl (C=O) groups excluding carboxylic acids is 10. The van der Waals surface area contributed by atoms with Gasteiger partial charge in [-0.15, -0.1) is 0 Å². The van der Waals surface area contributed by atoms with E-state index in [1.807, 2.05) is 26.0 Å². The lowest BCUT2D eigenvalue weighted by Crippen LogP contribution is -2.27. The third-order valence-corrected chi connectivity index (χ3v) is 20.6. The molecule has 0 aromatic heterocycles. The number of carbonyl (C=O) groups is 10. The van der Waals surface area contributed by atoms with Crippen molar-refractivity contribution in [2.24, 2.45) is 17.3 Å². The molecule has 0 saturated heterocycles. The first-order chi connectivity index (χ1) is 63.8. The van der Waals surface area contributed by atoms with Crippen LogP contribution < -0.4 is 0 Å². The first-order valence-electron chi connectivity index (χ1n) is 50.8. The quantitative estimate of drug-likeness (QED) is 0.0254. The highest BCUT2D eigenvalue weighted by Crippen LogP contribution is 2.22. The van der Waals surface area contributed by atoms with Crippen molar-refractivity contribution in [3.05, 3.63) is 162 Å². The predicted octanol–water partition coefficient (Wildman–Crippen LogP) is 30.0. The second-order valence-corrected chi connectivity index (χ2v) is 33.8. The molecule has 0 saturated carbocycles. The molecule has 0 spiro atoms. The topological polar surface area (TPSA) is 263 Å². The van der Waals surface area contributed by atoms with Crippen molar-refractivity contribution < 1.29 is 95.3 Å². The molecule has 0 fully saturated rings.